The van der Waals surface area contributed by atoms with Crippen LogP contribution in [-0.2, 0) is 16.0 Å². The van der Waals surface area contributed by atoms with Crippen LogP contribution in [0.25, 0.3) is 0 Å². The van der Waals surface area contributed by atoms with E-state index in [1.165, 1.54) is 0 Å². The monoisotopic (exact) mass is 383 g/mol. The molecule has 0 spiro atoms. The number of benzene rings is 1. The van der Waals surface area contributed by atoms with Crippen LogP contribution >= 0.6 is 12.4 Å². The summed E-state index contributed by atoms with van der Waals surface area (Å²) < 4.78 is 0. The lowest BCUT2D eigenvalue weighted by atomic mass is 9.95. The van der Waals surface area contributed by atoms with Gasteiger partial charge in [-0.2, -0.15) is 0 Å². The SMILES string of the molecule is CC[C@H](C)[C@H](N)C(=O)N(CCc1ccccc1)[C@@H](CC(C)C)C(N)=O.Cl. The van der Waals surface area contributed by atoms with Crippen molar-refractivity contribution in [2.75, 3.05) is 6.54 Å². The maximum Gasteiger partial charge on any atom is 0.240 e. The van der Waals surface area contributed by atoms with Gasteiger partial charge in [-0.3, -0.25) is 9.59 Å². The van der Waals surface area contributed by atoms with Crippen molar-refractivity contribution in [1.82, 2.24) is 4.90 Å². The molecule has 0 heterocycles. The summed E-state index contributed by atoms with van der Waals surface area (Å²) in [5.41, 5.74) is 12.9. The topological polar surface area (TPSA) is 89.4 Å². The molecule has 6 heteroatoms. The fourth-order valence-corrected chi connectivity index (χ4v) is 2.85. The Bertz CT molecular complexity index is 551. The lowest BCUT2D eigenvalue weighted by molar-refractivity contribution is -0.141. The molecule has 1 rings (SSSR count). The number of hydrogen-bond donors (Lipinski definition) is 2. The summed E-state index contributed by atoms with van der Waals surface area (Å²) in [4.78, 5) is 26.6. The number of carbonyl (C=O) groups excluding carboxylic acids is 2. The van der Waals surface area contributed by atoms with Gasteiger partial charge < -0.3 is 16.4 Å². The van der Waals surface area contributed by atoms with E-state index in [-0.39, 0.29) is 30.2 Å². The zero-order valence-electron chi connectivity index (χ0n) is 16.4. The largest absolute Gasteiger partial charge is 0.368 e. The Hall–Kier alpha value is -1.59. The first-order valence-electron chi connectivity index (χ1n) is 9.17. The Morgan fingerprint density at radius 2 is 1.69 bits per heavy atom. The van der Waals surface area contributed by atoms with Crippen LogP contribution in [0.15, 0.2) is 30.3 Å². The minimum Gasteiger partial charge on any atom is -0.368 e. The summed E-state index contributed by atoms with van der Waals surface area (Å²) in [6, 6.07) is 8.67. The minimum atomic E-state index is -0.619. The summed E-state index contributed by atoms with van der Waals surface area (Å²) in [5.74, 6) is -0.343. The molecule has 2 amide bonds. The Labute approximate surface area is 163 Å². The highest BCUT2D eigenvalue weighted by Crippen LogP contribution is 2.17. The van der Waals surface area contributed by atoms with Gasteiger partial charge in [0, 0.05) is 6.54 Å². The third-order valence-corrected chi connectivity index (χ3v) is 4.71. The predicted octanol–water partition coefficient (Wildman–Crippen LogP) is 2.75. The van der Waals surface area contributed by atoms with E-state index in [0.29, 0.717) is 19.4 Å². The molecule has 1 aromatic carbocycles. The van der Waals surface area contributed by atoms with Crippen LogP contribution in [0.2, 0.25) is 0 Å². The molecule has 4 N–H and O–H groups in total. The van der Waals surface area contributed by atoms with Crippen LogP contribution in [0.5, 0.6) is 0 Å². The molecule has 3 atom stereocenters. The quantitative estimate of drug-likeness (QED) is 0.650. The molecule has 0 fully saturated rings. The first kappa shape index (κ1) is 24.4. The number of halogens is 1. The summed E-state index contributed by atoms with van der Waals surface area (Å²) in [7, 11) is 0. The van der Waals surface area contributed by atoms with Gasteiger partial charge in [0.2, 0.25) is 11.8 Å². The van der Waals surface area contributed by atoms with E-state index in [1.54, 1.807) is 4.90 Å². The standard InChI is InChI=1S/C20H33N3O2.ClH/c1-5-15(4)18(21)20(25)23(17(19(22)24)13-14(2)3)12-11-16-9-7-6-8-10-16;/h6-10,14-15,17-18H,5,11-13,21H2,1-4H3,(H2,22,24);1H/t15-,17-,18-;/m0./s1. The Kier molecular flexibility index (Phi) is 11.2. The summed E-state index contributed by atoms with van der Waals surface area (Å²) in [6.07, 6.45) is 2.02. The molecule has 0 unspecified atom stereocenters. The molecule has 148 valence electrons. The van der Waals surface area contributed by atoms with E-state index in [0.717, 1.165) is 12.0 Å². The van der Waals surface area contributed by atoms with E-state index in [4.69, 9.17) is 11.5 Å². The third-order valence-electron chi connectivity index (χ3n) is 4.71. The molecule has 26 heavy (non-hydrogen) atoms. The first-order chi connectivity index (χ1) is 11.8. The van der Waals surface area contributed by atoms with Gasteiger partial charge in [0.1, 0.15) is 6.04 Å². The van der Waals surface area contributed by atoms with Crippen LogP contribution in [0.4, 0.5) is 0 Å². The molecule has 0 aliphatic heterocycles. The smallest absolute Gasteiger partial charge is 0.240 e. The van der Waals surface area contributed by atoms with Crippen LogP contribution in [0, 0.1) is 11.8 Å². The summed E-state index contributed by atoms with van der Waals surface area (Å²) in [5, 5.41) is 0. The van der Waals surface area contributed by atoms with Crippen molar-refractivity contribution in [3.63, 3.8) is 0 Å². The van der Waals surface area contributed by atoms with E-state index in [2.05, 4.69) is 0 Å². The van der Waals surface area contributed by atoms with Crippen LogP contribution in [-0.4, -0.2) is 35.3 Å². The van der Waals surface area contributed by atoms with Gasteiger partial charge in [-0.25, -0.2) is 0 Å². The van der Waals surface area contributed by atoms with Crippen molar-refractivity contribution >= 4 is 24.2 Å². The van der Waals surface area contributed by atoms with Crippen LogP contribution in [0.3, 0.4) is 0 Å². The fourth-order valence-electron chi connectivity index (χ4n) is 2.85. The Morgan fingerprint density at radius 3 is 2.15 bits per heavy atom. The number of amides is 2. The lowest BCUT2D eigenvalue weighted by Crippen LogP contribution is -2.55. The minimum absolute atomic E-state index is 0. The molecule has 1 aromatic rings. The second-order valence-corrected chi connectivity index (χ2v) is 7.23. The van der Waals surface area contributed by atoms with E-state index < -0.39 is 18.0 Å². The number of rotatable bonds is 10. The maximum absolute atomic E-state index is 13.0. The molecule has 5 nitrogen and oxygen atoms in total. The van der Waals surface area contributed by atoms with Crippen LogP contribution < -0.4 is 11.5 Å². The van der Waals surface area contributed by atoms with Gasteiger partial charge in [-0.1, -0.05) is 64.4 Å². The lowest BCUT2D eigenvalue weighted by Gasteiger charge is -2.34. The second kappa shape index (κ2) is 11.9. The number of primary amides is 1. The van der Waals surface area contributed by atoms with Crippen molar-refractivity contribution in [3.05, 3.63) is 35.9 Å². The number of nitrogens with zero attached hydrogens (tertiary/aromatic N) is 1. The van der Waals surface area contributed by atoms with Gasteiger partial charge in [-0.05, 0) is 30.2 Å². The van der Waals surface area contributed by atoms with Crippen molar-refractivity contribution in [1.29, 1.82) is 0 Å². The third kappa shape index (κ3) is 7.34. The normalized spacial score (nSPS) is 14.2. The molecule has 0 saturated carbocycles. The number of carbonyl (C=O) groups is 2. The van der Waals surface area contributed by atoms with E-state index in [9.17, 15) is 9.59 Å². The van der Waals surface area contributed by atoms with E-state index >= 15 is 0 Å². The van der Waals surface area contributed by atoms with Crippen molar-refractivity contribution < 1.29 is 9.59 Å². The average molecular weight is 384 g/mol. The molecular formula is C20H34ClN3O2. The molecule has 0 bridgehead atoms. The average Bonchev–Trinajstić information content (AvgIpc) is 2.59. The molecule has 0 saturated heterocycles. The zero-order chi connectivity index (χ0) is 19.0. The molecular weight excluding hydrogens is 350 g/mol. The van der Waals surface area contributed by atoms with Gasteiger partial charge in [0.05, 0.1) is 6.04 Å². The number of hydrogen-bond acceptors (Lipinski definition) is 3. The van der Waals surface area contributed by atoms with Gasteiger partial charge in [0.15, 0.2) is 0 Å². The second-order valence-electron chi connectivity index (χ2n) is 7.23. The van der Waals surface area contributed by atoms with Crippen molar-refractivity contribution in [2.45, 2.75) is 59.0 Å². The van der Waals surface area contributed by atoms with Gasteiger partial charge in [0.25, 0.3) is 0 Å². The van der Waals surface area contributed by atoms with Gasteiger partial charge in [-0.15, -0.1) is 12.4 Å². The fraction of sp³-hybridized carbons (Fsp3) is 0.600. The van der Waals surface area contributed by atoms with Gasteiger partial charge >= 0.3 is 0 Å². The predicted molar refractivity (Wildman–Crippen MR) is 109 cm³/mol. The molecule has 0 aliphatic rings. The molecule has 0 radical (unpaired) electrons. The maximum atomic E-state index is 13.0. The van der Waals surface area contributed by atoms with Crippen molar-refractivity contribution in [2.24, 2.45) is 23.3 Å². The highest BCUT2D eigenvalue weighted by molar-refractivity contribution is 5.89. The van der Waals surface area contributed by atoms with Crippen LogP contribution in [0.1, 0.15) is 46.1 Å². The molecule has 0 aliphatic carbocycles. The highest BCUT2D eigenvalue weighted by Gasteiger charge is 2.33. The molecule has 0 aromatic heterocycles. The first-order valence-corrected chi connectivity index (χ1v) is 9.17. The van der Waals surface area contributed by atoms with Crippen molar-refractivity contribution in [3.8, 4) is 0 Å². The summed E-state index contributed by atoms with van der Waals surface area (Å²) in [6.45, 7) is 8.44. The summed E-state index contributed by atoms with van der Waals surface area (Å²) >= 11 is 0. The Balaban J connectivity index is 0.00000625. The Morgan fingerprint density at radius 1 is 1.12 bits per heavy atom. The zero-order valence-corrected chi connectivity index (χ0v) is 17.2. The number of nitrogens with two attached hydrogens (primary N) is 2. The highest BCUT2D eigenvalue weighted by atomic mass is 35.5. The van der Waals surface area contributed by atoms with E-state index in [1.807, 2.05) is 58.0 Å².